The average Bonchev–Trinajstić information content (AvgIpc) is 3.14. The number of unbranched alkanes of at least 4 members (excludes halogenated alkanes) is 2. The van der Waals surface area contributed by atoms with Crippen LogP contribution < -0.4 is 10.2 Å². The molecular formula is C36H46NP. The Morgan fingerprint density at radius 2 is 1.11 bits per heavy atom. The van der Waals surface area contributed by atoms with Gasteiger partial charge in [-0.25, -0.2) is 0 Å². The van der Waals surface area contributed by atoms with Crippen molar-refractivity contribution in [2.24, 2.45) is 0 Å². The number of fused-ring (bicyclic) bond motifs is 7. The summed E-state index contributed by atoms with van der Waals surface area (Å²) in [5.41, 5.74) is 14.6. The third-order valence-corrected chi connectivity index (χ3v) is 12.1. The molecule has 6 rings (SSSR count). The Morgan fingerprint density at radius 1 is 0.605 bits per heavy atom. The summed E-state index contributed by atoms with van der Waals surface area (Å²) in [6, 6.07) is 19.5. The number of anilines is 1. The molecule has 1 nitrogen and oxygen atoms in total. The van der Waals surface area contributed by atoms with Gasteiger partial charge >= 0.3 is 0 Å². The molecule has 3 aromatic carbocycles. The van der Waals surface area contributed by atoms with Gasteiger partial charge in [0.15, 0.2) is 0 Å². The minimum absolute atomic E-state index is 0.114. The Morgan fingerprint density at radius 3 is 1.66 bits per heavy atom. The molecule has 2 heteroatoms. The molecule has 0 bridgehead atoms. The number of rotatable bonds is 8. The van der Waals surface area contributed by atoms with E-state index in [1.54, 1.807) is 49.8 Å². The molecular weight excluding hydrogens is 477 g/mol. The lowest BCUT2D eigenvalue weighted by atomic mass is 9.78. The van der Waals surface area contributed by atoms with Crippen molar-refractivity contribution in [3.8, 4) is 11.1 Å². The highest BCUT2D eigenvalue weighted by Gasteiger charge is 2.29. The van der Waals surface area contributed by atoms with Crippen molar-refractivity contribution >= 4 is 18.9 Å². The SMILES string of the molecule is CCCCP(CCCC)c1ccccc1N1Cc2ccc3c(c2-c2c(ccc4c2CCCC4)C1)CCCC3. The second-order valence-corrected chi connectivity index (χ2v) is 14.4. The first kappa shape index (κ1) is 26.1. The van der Waals surface area contributed by atoms with Gasteiger partial charge in [-0.2, -0.15) is 0 Å². The van der Waals surface area contributed by atoms with E-state index < -0.39 is 0 Å². The van der Waals surface area contributed by atoms with E-state index in [2.05, 4.69) is 67.3 Å². The van der Waals surface area contributed by atoms with E-state index in [1.165, 1.54) is 95.1 Å². The first-order valence-corrected chi connectivity index (χ1v) is 17.4. The number of aryl methyl sites for hydroxylation is 2. The van der Waals surface area contributed by atoms with Crippen molar-refractivity contribution in [2.45, 2.75) is 104 Å². The molecule has 0 aromatic heterocycles. The van der Waals surface area contributed by atoms with E-state index in [9.17, 15) is 0 Å². The Bertz CT molecular complexity index is 1200. The molecule has 3 aliphatic rings. The fourth-order valence-electron chi connectivity index (χ4n) is 7.33. The average molecular weight is 524 g/mol. The predicted molar refractivity (Wildman–Crippen MR) is 168 cm³/mol. The summed E-state index contributed by atoms with van der Waals surface area (Å²) in [5.74, 6) is 0. The molecule has 38 heavy (non-hydrogen) atoms. The van der Waals surface area contributed by atoms with Gasteiger partial charge in [0.1, 0.15) is 0 Å². The summed E-state index contributed by atoms with van der Waals surface area (Å²) < 4.78 is 0. The summed E-state index contributed by atoms with van der Waals surface area (Å²) in [6.45, 7) is 6.77. The molecule has 0 spiro atoms. The van der Waals surface area contributed by atoms with Crippen molar-refractivity contribution in [1.82, 2.24) is 0 Å². The van der Waals surface area contributed by atoms with E-state index in [4.69, 9.17) is 0 Å². The molecule has 1 aliphatic heterocycles. The summed E-state index contributed by atoms with van der Waals surface area (Å²) in [5, 5.41) is 1.66. The van der Waals surface area contributed by atoms with Crippen LogP contribution >= 0.6 is 7.92 Å². The predicted octanol–water partition coefficient (Wildman–Crippen LogP) is 9.34. The Balaban J connectivity index is 1.49. The number of para-hydroxylation sites is 1. The zero-order valence-corrected chi connectivity index (χ0v) is 24.7. The first-order valence-electron chi connectivity index (χ1n) is 15.6. The summed E-state index contributed by atoms with van der Waals surface area (Å²) >= 11 is 0. The molecule has 0 unspecified atom stereocenters. The monoisotopic (exact) mass is 523 g/mol. The van der Waals surface area contributed by atoms with Crippen LogP contribution in [0.15, 0.2) is 48.5 Å². The molecule has 3 aromatic rings. The van der Waals surface area contributed by atoms with Gasteiger partial charge in [0.05, 0.1) is 0 Å². The lowest BCUT2D eigenvalue weighted by molar-refractivity contribution is 0.680. The van der Waals surface area contributed by atoms with Gasteiger partial charge in [0, 0.05) is 18.8 Å². The Hall–Kier alpha value is -2.11. The van der Waals surface area contributed by atoms with Gasteiger partial charge in [-0.05, 0) is 132 Å². The van der Waals surface area contributed by atoms with Crippen molar-refractivity contribution in [3.63, 3.8) is 0 Å². The molecule has 0 atom stereocenters. The van der Waals surface area contributed by atoms with Gasteiger partial charge < -0.3 is 4.90 Å². The molecule has 200 valence electrons. The maximum atomic E-state index is 2.76. The third-order valence-electron chi connectivity index (χ3n) is 9.34. The molecule has 0 amide bonds. The molecule has 0 N–H and O–H groups in total. The van der Waals surface area contributed by atoms with Crippen LogP contribution in [-0.4, -0.2) is 12.3 Å². The van der Waals surface area contributed by atoms with E-state index in [-0.39, 0.29) is 7.92 Å². The topological polar surface area (TPSA) is 3.24 Å². The fourth-order valence-corrected chi connectivity index (χ4v) is 10.3. The van der Waals surface area contributed by atoms with Crippen molar-refractivity contribution in [3.05, 3.63) is 81.9 Å². The second-order valence-electron chi connectivity index (χ2n) is 11.9. The van der Waals surface area contributed by atoms with Crippen LogP contribution in [0, 0.1) is 0 Å². The number of nitrogens with zero attached hydrogens (tertiary/aromatic N) is 1. The Labute approximate surface area is 232 Å². The second kappa shape index (κ2) is 12.0. The van der Waals surface area contributed by atoms with Crippen LogP contribution in [0.4, 0.5) is 5.69 Å². The summed E-state index contributed by atoms with van der Waals surface area (Å²) in [7, 11) is -0.114. The normalized spacial score (nSPS) is 16.4. The minimum Gasteiger partial charge on any atom is -0.362 e. The van der Waals surface area contributed by atoms with Gasteiger partial charge in [0.25, 0.3) is 0 Å². The van der Waals surface area contributed by atoms with Crippen LogP contribution in [0.5, 0.6) is 0 Å². The van der Waals surface area contributed by atoms with E-state index in [0.717, 1.165) is 13.1 Å². The highest BCUT2D eigenvalue weighted by atomic mass is 31.1. The quantitative estimate of drug-likeness (QED) is 0.266. The number of hydrogen-bond acceptors (Lipinski definition) is 1. The standard InChI is InChI=1S/C36H46NP/c1-3-5-23-38(24-6-4-2)34-18-12-11-17-33(34)37-25-29-21-19-27-13-7-9-15-31(27)35(29)36-30(26-37)22-20-28-14-8-10-16-32(28)36/h11-12,17-22H,3-10,13-16,23-26H2,1-2H3. The summed E-state index contributed by atoms with van der Waals surface area (Å²) in [4.78, 5) is 2.76. The lowest BCUT2D eigenvalue weighted by Crippen LogP contribution is -2.26. The molecule has 0 saturated carbocycles. The van der Waals surface area contributed by atoms with Gasteiger partial charge in [0.2, 0.25) is 0 Å². The maximum Gasteiger partial charge on any atom is 0.0450 e. The van der Waals surface area contributed by atoms with Crippen LogP contribution in [0.25, 0.3) is 11.1 Å². The smallest absolute Gasteiger partial charge is 0.0450 e. The zero-order chi connectivity index (χ0) is 25.9. The maximum absolute atomic E-state index is 2.76. The van der Waals surface area contributed by atoms with Crippen LogP contribution in [0.2, 0.25) is 0 Å². The number of hydrogen-bond donors (Lipinski definition) is 0. The highest BCUT2D eigenvalue weighted by Crippen LogP contribution is 2.46. The van der Waals surface area contributed by atoms with Crippen molar-refractivity contribution in [2.75, 3.05) is 17.2 Å². The third kappa shape index (κ3) is 5.09. The largest absolute Gasteiger partial charge is 0.362 e. The molecule has 0 fully saturated rings. The zero-order valence-electron chi connectivity index (χ0n) is 23.8. The fraction of sp³-hybridized carbons (Fsp3) is 0.500. The minimum atomic E-state index is -0.114. The lowest BCUT2D eigenvalue weighted by Gasteiger charge is -2.30. The van der Waals surface area contributed by atoms with Crippen molar-refractivity contribution < 1.29 is 0 Å². The van der Waals surface area contributed by atoms with E-state index in [0.29, 0.717) is 0 Å². The summed E-state index contributed by atoms with van der Waals surface area (Å²) in [6.07, 6.45) is 18.5. The highest BCUT2D eigenvalue weighted by molar-refractivity contribution is 7.66. The van der Waals surface area contributed by atoms with Crippen LogP contribution in [0.1, 0.15) is 98.6 Å². The van der Waals surface area contributed by atoms with Crippen molar-refractivity contribution in [1.29, 1.82) is 0 Å². The van der Waals surface area contributed by atoms with Gasteiger partial charge in [-0.15, -0.1) is 0 Å². The molecule has 1 heterocycles. The van der Waals surface area contributed by atoms with E-state index in [1.807, 2.05) is 0 Å². The van der Waals surface area contributed by atoms with Gasteiger partial charge in [-0.1, -0.05) is 77.1 Å². The molecule has 2 aliphatic carbocycles. The first-order chi connectivity index (χ1) is 18.8. The van der Waals surface area contributed by atoms with Gasteiger partial charge in [-0.3, -0.25) is 0 Å². The number of benzene rings is 3. The van der Waals surface area contributed by atoms with Crippen LogP contribution in [-0.2, 0) is 38.8 Å². The Kier molecular flexibility index (Phi) is 8.22. The van der Waals surface area contributed by atoms with E-state index >= 15 is 0 Å². The molecule has 0 saturated heterocycles. The molecule has 0 radical (unpaired) electrons. The van der Waals surface area contributed by atoms with Crippen LogP contribution in [0.3, 0.4) is 0 Å².